The molecule has 1 saturated heterocycles. The summed E-state index contributed by atoms with van der Waals surface area (Å²) in [5, 5.41) is 10.5. The number of nitrogens with zero attached hydrogens (tertiary/aromatic N) is 2. The molecule has 0 bridgehead atoms. The molecule has 2 aliphatic rings. The summed E-state index contributed by atoms with van der Waals surface area (Å²) in [5.41, 5.74) is 9.07. The molecule has 1 amide bonds. The number of fused-ring (bicyclic) bond motifs is 1. The van der Waals surface area contributed by atoms with Gasteiger partial charge in [-0.25, -0.2) is 0 Å². The molecule has 0 aromatic heterocycles. The maximum Gasteiger partial charge on any atom is 0.308 e. The van der Waals surface area contributed by atoms with Crippen molar-refractivity contribution in [3.63, 3.8) is 0 Å². The van der Waals surface area contributed by atoms with Gasteiger partial charge in [0.2, 0.25) is 5.91 Å². The number of benzene rings is 2. The molecule has 3 N–H and O–H groups in total. The van der Waals surface area contributed by atoms with Gasteiger partial charge in [-0.1, -0.05) is 43.7 Å². The molecule has 0 aliphatic carbocycles. The lowest BCUT2D eigenvalue weighted by atomic mass is 9.83. The van der Waals surface area contributed by atoms with Crippen molar-refractivity contribution < 1.29 is 24.2 Å². The van der Waals surface area contributed by atoms with E-state index in [2.05, 4.69) is 24.0 Å². The highest BCUT2D eigenvalue weighted by molar-refractivity contribution is 5.79. The van der Waals surface area contributed by atoms with E-state index in [0.717, 1.165) is 60.3 Å². The number of para-hydroxylation sites is 1. The fraction of sp³-hybridized carbons (Fsp3) is 0.548. The third-order valence-electron chi connectivity index (χ3n) is 8.19. The molecule has 4 rings (SSSR count). The molecule has 1 fully saturated rings. The van der Waals surface area contributed by atoms with Gasteiger partial charge in [0, 0.05) is 44.6 Å². The molecular formula is C31H43N3O5. The van der Waals surface area contributed by atoms with Crippen molar-refractivity contribution in [2.24, 2.45) is 11.7 Å². The second kappa shape index (κ2) is 13.8. The maximum atomic E-state index is 13.4. The second-order valence-electron chi connectivity index (χ2n) is 10.7. The van der Waals surface area contributed by atoms with Crippen LogP contribution < -0.4 is 15.2 Å². The van der Waals surface area contributed by atoms with Crippen LogP contribution in [0.5, 0.6) is 11.5 Å². The Morgan fingerprint density at radius 2 is 2.00 bits per heavy atom. The Morgan fingerprint density at radius 1 is 1.18 bits per heavy atom. The van der Waals surface area contributed by atoms with Gasteiger partial charge in [0.05, 0.1) is 26.2 Å². The lowest BCUT2D eigenvalue weighted by Crippen LogP contribution is -2.45. The van der Waals surface area contributed by atoms with Gasteiger partial charge < -0.3 is 25.2 Å². The number of hydrogen-bond acceptors (Lipinski definition) is 6. The third kappa shape index (κ3) is 6.92. The number of carboxylic acid groups (broad SMARTS) is 1. The van der Waals surface area contributed by atoms with Crippen LogP contribution in [0.15, 0.2) is 42.5 Å². The number of rotatable bonds is 14. The van der Waals surface area contributed by atoms with E-state index in [-0.39, 0.29) is 24.4 Å². The van der Waals surface area contributed by atoms with Gasteiger partial charge in [0.25, 0.3) is 0 Å². The first kappa shape index (κ1) is 28.9. The molecule has 0 radical (unpaired) electrons. The van der Waals surface area contributed by atoms with Crippen LogP contribution in [0.1, 0.15) is 55.2 Å². The van der Waals surface area contributed by atoms with Crippen LogP contribution in [-0.2, 0) is 22.4 Å². The number of carboxylic acids is 1. The van der Waals surface area contributed by atoms with E-state index in [1.165, 1.54) is 0 Å². The Balaban J connectivity index is 1.57. The van der Waals surface area contributed by atoms with Crippen molar-refractivity contribution in [2.75, 3.05) is 46.4 Å². The van der Waals surface area contributed by atoms with E-state index in [4.69, 9.17) is 15.2 Å². The summed E-state index contributed by atoms with van der Waals surface area (Å²) < 4.78 is 11.2. The average Bonchev–Trinajstić information content (AvgIpc) is 3.55. The molecule has 1 unspecified atom stereocenters. The topological polar surface area (TPSA) is 105 Å². The van der Waals surface area contributed by atoms with Gasteiger partial charge in [-0.05, 0) is 54.5 Å². The second-order valence-corrected chi connectivity index (χ2v) is 10.7. The van der Waals surface area contributed by atoms with Gasteiger partial charge in [-0.2, -0.15) is 0 Å². The summed E-state index contributed by atoms with van der Waals surface area (Å²) in [6, 6.07) is 13.8. The predicted octanol–water partition coefficient (Wildman–Crippen LogP) is 3.71. The largest absolute Gasteiger partial charge is 0.496 e. The van der Waals surface area contributed by atoms with E-state index < -0.39 is 11.9 Å². The Bertz CT molecular complexity index is 1120. The molecule has 8 nitrogen and oxygen atoms in total. The van der Waals surface area contributed by atoms with Crippen LogP contribution >= 0.6 is 0 Å². The van der Waals surface area contributed by atoms with E-state index >= 15 is 0 Å². The van der Waals surface area contributed by atoms with Crippen LogP contribution in [0, 0.1) is 5.92 Å². The third-order valence-corrected chi connectivity index (χ3v) is 8.19. The van der Waals surface area contributed by atoms with Crippen molar-refractivity contribution in [2.45, 2.75) is 57.4 Å². The number of likely N-dealkylation sites (tertiary alicyclic amines) is 1. The maximum absolute atomic E-state index is 13.4. The SMILES string of the molecule is CCCCN(CCN)C(=O)CN1C[C@H](c2ccc3c(c2)CCO3)C(C(=O)O)[C@@H]1CCCc1ccccc1OC. The van der Waals surface area contributed by atoms with Crippen LogP contribution in [0.3, 0.4) is 0 Å². The summed E-state index contributed by atoms with van der Waals surface area (Å²) in [6.07, 6.45) is 5.01. The highest BCUT2D eigenvalue weighted by Crippen LogP contribution is 2.41. The van der Waals surface area contributed by atoms with Crippen LogP contribution in [0.25, 0.3) is 0 Å². The average molecular weight is 538 g/mol. The monoisotopic (exact) mass is 537 g/mol. The van der Waals surface area contributed by atoms with E-state index in [0.29, 0.717) is 39.2 Å². The normalized spacial score (nSPS) is 20.4. The van der Waals surface area contributed by atoms with Gasteiger partial charge in [0.15, 0.2) is 0 Å². The van der Waals surface area contributed by atoms with Crippen LogP contribution in [0.2, 0.25) is 0 Å². The molecule has 2 heterocycles. The Labute approximate surface area is 232 Å². The van der Waals surface area contributed by atoms with E-state index in [1.54, 1.807) is 7.11 Å². The molecule has 2 aliphatic heterocycles. The number of amides is 1. The van der Waals surface area contributed by atoms with Crippen LogP contribution in [0.4, 0.5) is 0 Å². The minimum Gasteiger partial charge on any atom is -0.496 e. The van der Waals surface area contributed by atoms with Gasteiger partial charge in [0.1, 0.15) is 11.5 Å². The molecule has 39 heavy (non-hydrogen) atoms. The van der Waals surface area contributed by atoms with E-state index in [1.807, 2.05) is 35.2 Å². The zero-order chi connectivity index (χ0) is 27.8. The Morgan fingerprint density at radius 3 is 2.74 bits per heavy atom. The van der Waals surface area contributed by atoms with Crippen molar-refractivity contribution in [1.29, 1.82) is 0 Å². The molecule has 212 valence electrons. The first-order valence-corrected chi connectivity index (χ1v) is 14.3. The summed E-state index contributed by atoms with van der Waals surface area (Å²) >= 11 is 0. The minimum atomic E-state index is -0.807. The number of carbonyl (C=O) groups excluding carboxylic acids is 1. The molecule has 2 aromatic carbocycles. The van der Waals surface area contributed by atoms with Crippen molar-refractivity contribution in [1.82, 2.24) is 9.80 Å². The number of hydrogen-bond donors (Lipinski definition) is 2. The van der Waals surface area contributed by atoms with Gasteiger partial charge in [-0.15, -0.1) is 0 Å². The lowest BCUT2D eigenvalue weighted by Gasteiger charge is -2.29. The highest BCUT2D eigenvalue weighted by Gasteiger charge is 2.47. The first-order valence-electron chi connectivity index (χ1n) is 14.3. The zero-order valence-corrected chi connectivity index (χ0v) is 23.3. The number of carbonyl (C=O) groups is 2. The van der Waals surface area contributed by atoms with Crippen molar-refractivity contribution in [3.05, 3.63) is 59.2 Å². The molecule has 8 heteroatoms. The lowest BCUT2D eigenvalue weighted by molar-refractivity contribution is -0.143. The number of aliphatic carboxylic acids is 1. The van der Waals surface area contributed by atoms with Crippen molar-refractivity contribution >= 4 is 11.9 Å². The molecule has 0 saturated carbocycles. The first-order chi connectivity index (χ1) is 19.0. The van der Waals surface area contributed by atoms with Gasteiger partial charge in [-0.3, -0.25) is 14.5 Å². The number of ether oxygens (including phenoxy) is 2. The fourth-order valence-corrected chi connectivity index (χ4v) is 6.18. The Hall–Kier alpha value is -3.10. The number of methoxy groups -OCH3 is 1. The summed E-state index contributed by atoms with van der Waals surface area (Å²) in [4.78, 5) is 30.2. The Kier molecular flexibility index (Phi) is 10.2. The summed E-state index contributed by atoms with van der Waals surface area (Å²) in [6.45, 7) is 5.11. The number of aryl methyl sites for hydroxylation is 1. The fourth-order valence-electron chi connectivity index (χ4n) is 6.18. The predicted molar refractivity (Wildman–Crippen MR) is 151 cm³/mol. The molecule has 2 aromatic rings. The standard InChI is InChI=1S/C31H43N3O5/c1-3-4-16-33(17-15-32)29(35)21-34-20-25(23-12-13-28-24(19-23)14-18-39-28)30(31(36)37)26(34)10-7-9-22-8-5-6-11-27(22)38-2/h5-6,8,11-13,19,25-26,30H,3-4,7,9-10,14-18,20-21,32H2,1-2H3,(H,36,37)/t25-,26+,30?/m1/s1. The zero-order valence-electron chi connectivity index (χ0n) is 23.3. The minimum absolute atomic E-state index is 0.0239. The number of nitrogens with two attached hydrogens (primary N) is 1. The molecule has 0 spiro atoms. The molecular weight excluding hydrogens is 494 g/mol. The molecule has 3 atom stereocenters. The smallest absolute Gasteiger partial charge is 0.308 e. The quantitative estimate of drug-likeness (QED) is 0.379. The highest BCUT2D eigenvalue weighted by atomic mass is 16.5. The van der Waals surface area contributed by atoms with Crippen molar-refractivity contribution in [3.8, 4) is 11.5 Å². The van der Waals surface area contributed by atoms with Crippen LogP contribution in [-0.4, -0.2) is 79.3 Å². The summed E-state index contributed by atoms with van der Waals surface area (Å²) in [7, 11) is 1.67. The van der Waals surface area contributed by atoms with Gasteiger partial charge >= 0.3 is 5.97 Å². The summed E-state index contributed by atoms with van der Waals surface area (Å²) in [5.74, 6) is 0.148. The number of unbranched alkanes of at least 4 members (excludes halogenated alkanes) is 1. The van der Waals surface area contributed by atoms with E-state index in [9.17, 15) is 14.7 Å².